The van der Waals surface area contributed by atoms with Crippen molar-refractivity contribution in [2.75, 3.05) is 49.4 Å². The molecule has 2 aromatic carbocycles. The van der Waals surface area contributed by atoms with Crippen LogP contribution in [0.15, 0.2) is 48.5 Å². The zero-order valence-corrected chi connectivity index (χ0v) is 27.7. The zero-order chi connectivity index (χ0) is 30.7. The summed E-state index contributed by atoms with van der Waals surface area (Å²) in [5, 5.41) is 20.4. The number of rotatable bonds is 14. The topological polar surface area (TPSA) is 112 Å². The van der Waals surface area contributed by atoms with E-state index in [4.69, 9.17) is 18.9 Å². The van der Waals surface area contributed by atoms with Gasteiger partial charge in [0.05, 0.1) is 0 Å². The lowest BCUT2D eigenvalue weighted by Crippen LogP contribution is -2.29. The molecule has 0 aromatic heterocycles. The number of carbonyl (C=O) groups excluding carboxylic acids is 2. The summed E-state index contributed by atoms with van der Waals surface area (Å²) in [6, 6.07) is 15.4. The molecule has 8 nitrogen and oxygen atoms in total. The fourth-order valence-electron chi connectivity index (χ4n) is 4.32. The maximum atomic E-state index is 12.1. The van der Waals surface area contributed by atoms with Crippen molar-refractivity contribution in [3.05, 3.63) is 59.7 Å². The van der Waals surface area contributed by atoms with Gasteiger partial charge < -0.3 is 29.2 Å². The van der Waals surface area contributed by atoms with E-state index in [1.807, 2.05) is 48.5 Å². The quantitative estimate of drug-likeness (QED) is 0.265. The Kier molecular flexibility index (Phi) is 13.6. The second kappa shape index (κ2) is 17.1. The largest absolute Gasteiger partial charge is 0.491 e. The van der Waals surface area contributed by atoms with Gasteiger partial charge in [-0.05, 0) is 71.2 Å². The van der Waals surface area contributed by atoms with Crippen LogP contribution >= 0.6 is 47.0 Å². The number of esters is 2. The van der Waals surface area contributed by atoms with Crippen LogP contribution in [0.4, 0.5) is 0 Å². The Morgan fingerprint density at radius 2 is 1.02 bits per heavy atom. The van der Waals surface area contributed by atoms with Gasteiger partial charge in [-0.2, -0.15) is 0 Å². The summed E-state index contributed by atoms with van der Waals surface area (Å²) in [7, 11) is 0. The van der Waals surface area contributed by atoms with Crippen LogP contribution in [0.1, 0.15) is 37.8 Å². The maximum Gasteiger partial charge on any atom is 0.329 e. The predicted molar refractivity (Wildman–Crippen MR) is 177 cm³/mol. The van der Waals surface area contributed by atoms with Gasteiger partial charge in [0.25, 0.3) is 0 Å². The van der Waals surface area contributed by atoms with Crippen LogP contribution in [0.3, 0.4) is 0 Å². The third-order valence-corrected chi connectivity index (χ3v) is 12.6. The average molecular weight is 669 g/mol. The van der Waals surface area contributed by atoms with Crippen LogP contribution in [-0.2, 0) is 24.5 Å². The molecule has 2 N–H and O–H groups in total. The molecule has 2 heterocycles. The molecule has 0 radical (unpaired) electrons. The van der Waals surface area contributed by atoms with Gasteiger partial charge in [0, 0.05) is 5.41 Å². The van der Waals surface area contributed by atoms with Crippen molar-refractivity contribution in [1.29, 1.82) is 0 Å². The average Bonchev–Trinajstić information content (AvgIpc) is 3.05. The van der Waals surface area contributed by atoms with E-state index < -0.39 is 12.2 Å². The standard InChI is InChI=1S/C31H40O8S4/c1-31(2,21-5-9-25(10-6-21)36-17-23(32)19-38-27(34)29-40-13-3-14-41-29)22-7-11-26(12-8-22)37-18-24(33)20-39-28(35)30-42-15-4-16-43-30/h5-12,23-24,29-30,32-33H,3-4,13-20H2,1-2H3. The number of thioether (sulfide) groups is 4. The van der Waals surface area contributed by atoms with E-state index in [0.29, 0.717) is 11.5 Å². The Morgan fingerprint density at radius 3 is 1.37 bits per heavy atom. The van der Waals surface area contributed by atoms with E-state index in [1.165, 1.54) is 0 Å². The first-order valence-electron chi connectivity index (χ1n) is 14.3. The minimum absolute atomic E-state index is 0.0260. The molecule has 0 aliphatic carbocycles. The van der Waals surface area contributed by atoms with Gasteiger partial charge >= 0.3 is 11.9 Å². The Morgan fingerprint density at radius 1 is 0.674 bits per heavy atom. The summed E-state index contributed by atoms with van der Waals surface area (Å²) in [6.45, 7) is 4.12. The first kappa shape index (κ1) is 34.2. The molecule has 2 saturated heterocycles. The van der Waals surface area contributed by atoms with Crippen LogP contribution in [0, 0.1) is 0 Å². The molecule has 0 saturated carbocycles. The molecule has 2 unspecified atom stereocenters. The molecule has 236 valence electrons. The van der Waals surface area contributed by atoms with Gasteiger partial charge in [0.15, 0.2) is 0 Å². The van der Waals surface area contributed by atoms with E-state index in [9.17, 15) is 19.8 Å². The van der Waals surface area contributed by atoms with E-state index in [2.05, 4.69) is 13.8 Å². The molecule has 0 amide bonds. The molecule has 4 rings (SSSR count). The highest BCUT2D eigenvalue weighted by Gasteiger charge is 2.26. The van der Waals surface area contributed by atoms with Crippen molar-refractivity contribution in [2.24, 2.45) is 0 Å². The Bertz CT molecular complexity index is 1060. The SMILES string of the molecule is CC(C)(c1ccc(OCC(O)COC(=O)C2SCCCS2)cc1)c1ccc(OCC(O)COC(=O)C2SCCCS2)cc1. The highest BCUT2D eigenvalue weighted by molar-refractivity contribution is 8.19. The van der Waals surface area contributed by atoms with Crippen LogP contribution in [-0.4, -0.2) is 93.0 Å². The number of ether oxygens (including phenoxy) is 4. The number of carbonyl (C=O) groups is 2. The number of hydrogen-bond donors (Lipinski definition) is 2. The van der Waals surface area contributed by atoms with Crippen molar-refractivity contribution in [3.8, 4) is 11.5 Å². The van der Waals surface area contributed by atoms with E-state index >= 15 is 0 Å². The van der Waals surface area contributed by atoms with Gasteiger partial charge in [-0.1, -0.05) is 38.1 Å². The minimum atomic E-state index is -0.907. The number of benzene rings is 2. The van der Waals surface area contributed by atoms with Gasteiger partial charge in [0.2, 0.25) is 0 Å². The lowest BCUT2D eigenvalue weighted by atomic mass is 9.78. The van der Waals surface area contributed by atoms with Gasteiger partial charge in [-0.3, -0.25) is 0 Å². The number of aliphatic hydroxyl groups is 2. The van der Waals surface area contributed by atoms with Gasteiger partial charge in [0.1, 0.15) is 59.3 Å². The van der Waals surface area contributed by atoms with Crippen molar-refractivity contribution in [2.45, 2.75) is 53.5 Å². The highest BCUT2D eigenvalue weighted by Crippen LogP contribution is 2.34. The van der Waals surface area contributed by atoms with Crippen molar-refractivity contribution in [1.82, 2.24) is 0 Å². The molecule has 2 atom stereocenters. The molecule has 2 aliphatic rings. The summed E-state index contributed by atoms with van der Waals surface area (Å²) in [4.78, 5) is 24.3. The molecular weight excluding hydrogens is 629 g/mol. The third-order valence-electron chi connectivity index (χ3n) is 6.91. The van der Waals surface area contributed by atoms with Crippen molar-refractivity contribution < 1.29 is 38.7 Å². The molecule has 0 spiro atoms. The highest BCUT2D eigenvalue weighted by atomic mass is 32.2. The molecular formula is C31H40O8S4. The fraction of sp³-hybridized carbons (Fsp3) is 0.548. The van der Waals surface area contributed by atoms with E-state index in [0.717, 1.165) is 47.0 Å². The molecule has 0 bridgehead atoms. The lowest BCUT2D eigenvalue weighted by molar-refractivity contribution is -0.145. The second-order valence-corrected chi connectivity index (χ2v) is 16.2. The molecule has 2 aromatic rings. The van der Waals surface area contributed by atoms with Crippen LogP contribution in [0.5, 0.6) is 11.5 Å². The minimum Gasteiger partial charge on any atom is -0.491 e. The normalized spacial score (nSPS) is 18.0. The van der Waals surface area contributed by atoms with Crippen LogP contribution in [0.2, 0.25) is 0 Å². The number of aliphatic hydroxyl groups excluding tert-OH is 2. The number of hydrogen-bond acceptors (Lipinski definition) is 12. The van der Waals surface area contributed by atoms with Crippen molar-refractivity contribution in [3.63, 3.8) is 0 Å². The molecule has 12 heteroatoms. The first-order chi connectivity index (χ1) is 20.7. The molecule has 2 aliphatic heterocycles. The lowest BCUT2D eigenvalue weighted by Gasteiger charge is -2.26. The monoisotopic (exact) mass is 668 g/mol. The third kappa shape index (κ3) is 10.7. The van der Waals surface area contributed by atoms with E-state index in [1.54, 1.807) is 47.0 Å². The van der Waals surface area contributed by atoms with E-state index in [-0.39, 0.29) is 52.9 Å². The van der Waals surface area contributed by atoms with Crippen LogP contribution in [0.25, 0.3) is 0 Å². The molecule has 2 fully saturated rings. The molecule has 43 heavy (non-hydrogen) atoms. The van der Waals surface area contributed by atoms with Crippen molar-refractivity contribution >= 4 is 59.0 Å². The zero-order valence-electron chi connectivity index (χ0n) is 24.5. The fourth-order valence-corrected chi connectivity index (χ4v) is 9.53. The van der Waals surface area contributed by atoms with Gasteiger partial charge in [-0.15, -0.1) is 47.0 Å². The summed E-state index contributed by atoms with van der Waals surface area (Å²) in [6.07, 6.45) is 0.380. The van der Waals surface area contributed by atoms with Gasteiger partial charge in [-0.25, -0.2) is 9.59 Å². The summed E-state index contributed by atoms with van der Waals surface area (Å²) in [5.41, 5.74) is 1.86. The Balaban J connectivity index is 1.18. The maximum absolute atomic E-state index is 12.1. The summed E-state index contributed by atoms with van der Waals surface area (Å²) < 4.78 is 21.6. The second-order valence-electron chi connectivity index (χ2n) is 10.7. The Labute approximate surface area is 270 Å². The predicted octanol–water partition coefficient (Wildman–Crippen LogP) is 4.97. The first-order valence-corrected chi connectivity index (χ1v) is 18.5. The Hall–Kier alpha value is -1.70. The van der Waals surface area contributed by atoms with Crippen LogP contribution < -0.4 is 9.47 Å². The summed E-state index contributed by atoms with van der Waals surface area (Å²) in [5.74, 6) is 4.48. The smallest absolute Gasteiger partial charge is 0.329 e. The summed E-state index contributed by atoms with van der Waals surface area (Å²) >= 11 is 6.36.